The second-order valence-electron chi connectivity index (χ2n) is 13.0. The molecular weight excluding hydrogens is 605 g/mol. The summed E-state index contributed by atoms with van der Waals surface area (Å²) in [5.41, 5.74) is 9.28. The van der Waals surface area contributed by atoms with Gasteiger partial charge in [-0.25, -0.2) is 0 Å². The van der Waals surface area contributed by atoms with Crippen molar-refractivity contribution in [2.24, 2.45) is 0 Å². The molecule has 0 bridgehead atoms. The van der Waals surface area contributed by atoms with E-state index in [1.807, 2.05) is 0 Å². The molecule has 2 heteroatoms. The van der Waals surface area contributed by atoms with Crippen molar-refractivity contribution in [2.75, 3.05) is 4.90 Å². The number of benzene rings is 9. The largest absolute Gasteiger partial charge is 0.310 e. The first-order valence-corrected chi connectivity index (χ1v) is 17.2. The van der Waals surface area contributed by atoms with Crippen LogP contribution in [0.25, 0.3) is 70.9 Å². The van der Waals surface area contributed by atoms with Crippen LogP contribution in [0.1, 0.15) is 0 Å². The third kappa shape index (κ3) is 4.57. The van der Waals surface area contributed by atoms with Crippen LogP contribution < -0.4 is 4.90 Å². The number of nitrogens with zero attached hydrogens (tertiary/aromatic N) is 2. The van der Waals surface area contributed by atoms with Gasteiger partial charge < -0.3 is 9.47 Å². The van der Waals surface area contributed by atoms with E-state index < -0.39 is 0 Å². The second-order valence-corrected chi connectivity index (χ2v) is 13.0. The Kier molecular flexibility index (Phi) is 6.53. The highest BCUT2D eigenvalue weighted by molar-refractivity contribution is 6.28. The Hall–Kier alpha value is -6.64. The molecule has 50 heavy (non-hydrogen) atoms. The molecule has 0 unspecified atom stereocenters. The van der Waals surface area contributed by atoms with Gasteiger partial charge >= 0.3 is 0 Å². The van der Waals surface area contributed by atoms with Crippen molar-refractivity contribution in [3.8, 4) is 16.8 Å². The normalized spacial score (nSPS) is 11.6. The minimum Gasteiger partial charge on any atom is -0.310 e. The summed E-state index contributed by atoms with van der Waals surface area (Å²) in [5.74, 6) is 0. The SMILES string of the molecule is c1ccc(N(c2ccc(-c3ccc4ccccc4c3)cc2)c2cccc(-n3c4ccc5ccccc5c4c4c5ccccc5ccc43)c2)cc1. The summed E-state index contributed by atoms with van der Waals surface area (Å²) in [4.78, 5) is 2.35. The van der Waals surface area contributed by atoms with Crippen LogP contribution in [0.15, 0.2) is 194 Å². The molecule has 0 spiro atoms. The molecule has 0 saturated carbocycles. The van der Waals surface area contributed by atoms with Crippen LogP contribution in [0.5, 0.6) is 0 Å². The van der Waals surface area contributed by atoms with Gasteiger partial charge in [0.2, 0.25) is 0 Å². The Bertz CT molecular complexity index is 2770. The molecule has 9 aromatic carbocycles. The number of rotatable bonds is 5. The number of para-hydroxylation sites is 1. The van der Waals surface area contributed by atoms with Gasteiger partial charge in [-0.15, -0.1) is 0 Å². The van der Waals surface area contributed by atoms with Gasteiger partial charge in [-0.3, -0.25) is 0 Å². The monoisotopic (exact) mass is 636 g/mol. The Balaban J connectivity index is 1.15. The number of aromatic nitrogens is 1. The zero-order chi connectivity index (χ0) is 33.0. The first kappa shape index (κ1) is 28.4. The van der Waals surface area contributed by atoms with Gasteiger partial charge in [0, 0.05) is 33.5 Å². The van der Waals surface area contributed by atoms with Crippen LogP contribution in [0.2, 0.25) is 0 Å². The molecule has 0 saturated heterocycles. The third-order valence-corrected chi connectivity index (χ3v) is 10.1. The maximum atomic E-state index is 2.44. The van der Waals surface area contributed by atoms with E-state index in [0.29, 0.717) is 0 Å². The molecule has 2 nitrogen and oxygen atoms in total. The van der Waals surface area contributed by atoms with Gasteiger partial charge in [-0.1, -0.05) is 133 Å². The average Bonchev–Trinajstić information content (AvgIpc) is 3.54. The molecule has 0 atom stereocenters. The Labute approximate surface area is 290 Å². The third-order valence-electron chi connectivity index (χ3n) is 10.1. The van der Waals surface area contributed by atoms with Gasteiger partial charge in [0.05, 0.1) is 11.0 Å². The lowest BCUT2D eigenvalue weighted by Gasteiger charge is -2.26. The molecule has 0 aliphatic heterocycles. The standard InChI is InChI=1S/C48H32N2/c1-2-15-39(16-3-1)49(40-27-23-34(24-28-40)38-22-21-33-11-4-5-14-37(33)31-38)41-17-10-18-42(32-41)50-45-29-25-35-12-6-8-19-43(35)47(45)48-44-20-9-7-13-36(44)26-30-46(48)50/h1-32H. The highest BCUT2D eigenvalue weighted by Gasteiger charge is 2.19. The molecule has 0 fully saturated rings. The van der Waals surface area contributed by atoms with E-state index in [0.717, 1.165) is 22.7 Å². The predicted octanol–water partition coefficient (Wildman–Crippen LogP) is 13.4. The molecule has 234 valence electrons. The highest BCUT2D eigenvalue weighted by Crippen LogP contribution is 2.42. The van der Waals surface area contributed by atoms with Crippen molar-refractivity contribution < 1.29 is 0 Å². The average molecular weight is 637 g/mol. The number of hydrogen-bond donors (Lipinski definition) is 0. The summed E-state index contributed by atoms with van der Waals surface area (Å²) in [5, 5.41) is 10.2. The molecule has 10 aromatic rings. The summed E-state index contributed by atoms with van der Waals surface area (Å²) in [7, 11) is 0. The van der Waals surface area contributed by atoms with Crippen LogP contribution in [0.4, 0.5) is 17.1 Å². The Morgan fingerprint density at radius 1 is 0.320 bits per heavy atom. The van der Waals surface area contributed by atoms with Crippen molar-refractivity contribution in [2.45, 2.75) is 0 Å². The van der Waals surface area contributed by atoms with Gasteiger partial charge in [0.1, 0.15) is 0 Å². The first-order valence-electron chi connectivity index (χ1n) is 17.2. The maximum Gasteiger partial charge on any atom is 0.0547 e. The Morgan fingerprint density at radius 3 is 1.52 bits per heavy atom. The topological polar surface area (TPSA) is 8.17 Å². The fraction of sp³-hybridized carbons (Fsp3) is 0. The Morgan fingerprint density at radius 2 is 0.840 bits per heavy atom. The molecule has 1 heterocycles. The van der Waals surface area contributed by atoms with E-state index in [-0.39, 0.29) is 0 Å². The van der Waals surface area contributed by atoms with Gasteiger partial charge in [-0.05, 0) is 104 Å². The number of fused-ring (bicyclic) bond motifs is 8. The van der Waals surface area contributed by atoms with E-state index in [1.165, 1.54) is 65.3 Å². The molecule has 10 rings (SSSR count). The van der Waals surface area contributed by atoms with Crippen molar-refractivity contribution in [3.05, 3.63) is 194 Å². The summed E-state index contributed by atoms with van der Waals surface area (Å²) in [6.45, 7) is 0. The molecule has 0 aliphatic rings. The zero-order valence-electron chi connectivity index (χ0n) is 27.4. The first-order chi connectivity index (χ1) is 24.8. The quantitative estimate of drug-likeness (QED) is 0.182. The summed E-state index contributed by atoms with van der Waals surface area (Å²) in [6, 6.07) is 70.4. The van der Waals surface area contributed by atoms with E-state index >= 15 is 0 Å². The molecule has 0 radical (unpaired) electrons. The van der Waals surface area contributed by atoms with Crippen molar-refractivity contribution >= 4 is 71.2 Å². The summed E-state index contributed by atoms with van der Waals surface area (Å²) in [6.07, 6.45) is 0. The van der Waals surface area contributed by atoms with Gasteiger partial charge in [0.15, 0.2) is 0 Å². The van der Waals surface area contributed by atoms with E-state index in [1.54, 1.807) is 0 Å². The lowest BCUT2D eigenvalue weighted by molar-refractivity contribution is 1.17. The highest BCUT2D eigenvalue weighted by atomic mass is 15.1. The van der Waals surface area contributed by atoms with Gasteiger partial charge in [-0.2, -0.15) is 0 Å². The fourth-order valence-corrected chi connectivity index (χ4v) is 7.79. The molecule has 0 amide bonds. The van der Waals surface area contributed by atoms with Crippen molar-refractivity contribution in [1.82, 2.24) is 4.57 Å². The predicted molar refractivity (Wildman–Crippen MR) is 213 cm³/mol. The number of hydrogen-bond acceptors (Lipinski definition) is 1. The van der Waals surface area contributed by atoms with Crippen LogP contribution in [0, 0.1) is 0 Å². The summed E-state index contributed by atoms with van der Waals surface area (Å²) < 4.78 is 2.44. The molecule has 0 aliphatic carbocycles. The molecule has 1 aromatic heterocycles. The molecule has 0 N–H and O–H groups in total. The fourth-order valence-electron chi connectivity index (χ4n) is 7.79. The van der Waals surface area contributed by atoms with E-state index in [9.17, 15) is 0 Å². The minimum absolute atomic E-state index is 1.10. The lowest BCUT2D eigenvalue weighted by Crippen LogP contribution is -2.10. The smallest absolute Gasteiger partial charge is 0.0547 e. The van der Waals surface area contributed by atoms with Crippen LogP contribution in [0.3, 0.4) is 0 Å². The molecular formula is C48H32N2. The van der Waals surface area contributed by atoms with Crippen LogP contribution >= 0.6 is 0 Å². The van der Waals surface area contributed by atoms with Gasteiger partial charge in [0.25, 0.3) is 0 Å². The van der Waals surface area contributed by atoms with Crippen molar-refractivity contribution in [1.29, 1.82) is 0 Å². The lowest BCUT2D eigenvalue weighted by atomic mass is 10.00. The van der Waals surface area contributed by atoms with E-state index in [4.69, 9.17) is 0 Å². The minimum atomic E-state index is 1.10. The zero-order valence-corrected chi connectivity index (χ0v) is 27.4. The van der Waals surface area contributed by atoms with Crippen molar-refractivity contribution in [3.63, 3.8) is 0 Å². The van der Waals surface area contributed by atoms with E-state index in [2.05, 4.69) is 204 Å². The summed E-state index contributed by atoms with van der Waals surface area (Å²) >= 11 is 0. The second kappa shape index (κ2) is 11.5. The van der Waals surface area contributed by atoms with Crippen LogP contribution in [-0.2, 0) is 0 Å². The van der Waals surface area contributed by atoms with Crippen LogP contribution in [-0.4, -0.2) is 4.57 Å². The number of anilines is 3. The maximum absolute atomic E-state index is 2.44.